The fraction of sp³-hybridized carbons (Fsp3) is 0.429. The van der Waals surface area contributed by atoms with Crippen LogP contribution in [0.3, 0.4) is 0 Å². The molecule has 1 unspecified atom stereocenters. The van der Waals surface area contributed by atoms with Crippen LogP contribution in [0, 0.1) is 5.82 Å². The molecule has 0 saturated heterocycles. The van der Waals surface area contributed by atoms with Crippen LogP contribution >= 0.6 is 15.9 Å². The molecule has 2 rings (SSSR count). The van der Waals surface area contributed by atoms with Crippen LogP contribution in [-0.4, -0.2) is 42.2 Å². The van der Waals surface area contributed by atoms with Crippen molar-refractivity contribution in [3.8, 4) is 5.75 Å². The molecule has 120 valence electrons. The molecular weight excluding hydrogens is 361 g/mol. The minimum Gasteiger partial charge on any atom is -0.479 e. The maximum atomic E-state index is 13.8. The van der Waals surface area contributed by atoms with Gasteiger partial charge in [0.2, 0.25) is 0 Å². The van der Waals surface area contributed by atoms with Crippen molar-refractivity contribution < 1.29 is 28.6 Å². The summed E-state index contributed by atoms with van der Waals surface area (Å²) in [5, 5.41) is 12.9. The fourth-order valence-electron chi connectivity index (χ4n) is 1.93. The standard InChI is InChI=1S/C14H15BrFNO5/c1-3-20-12-6-21-17-13(12)8-4-9(15)10(16)5-11(8)22-7(2)14(18)19/h4-5,7,12H,3,6H2,1-2H3,(H,18,19)/t7-,12?/m0/s1. The molecule has 0 saturated carbocycles. The lowest BCUT2D eigenvalue weighted by Crippen LogP contribution is -2.27. The maximum Gasteiger partial charge on any atom is 0.344 e. The van der Waals surface area contributed by atoms with Crippen molar-refractivity contribution in [2.75, 3.05) is 13.2 Å². The normalized spacial score (nSPS) is 18.5. The van der Waals surface area contributed by atoms with Gasteiger partial charge in [0.15, 0.2) is 6.10 Å². The molecule has 1 aliphatic heterocycles. The van der Waals surface area contributed by atoms with Gasteiger partial charge in [0.1, 0.15) is 30.0 Å². The number of oxime groups is 1. The Bertz CT molecular complexity index is 607. The monoisotopic (exact) mass is 375 g/mol. The number of ether oxygens (including phenoxy) is 2. The van der Waals surface area contributed by atoms with Gasteiger partial charge in [-0.15, -0.1) is 0 Å². The molecule has 1 aromatic carbocycles. The van der Waals surface area contributed by atoms with Gasteiger partial charge < -0.3 is 19.4 Å². The number of aliphatic carboxylic acids is 1. The summed E-state index contributed by atoms with van der Waals surface area (Å²) in [6, 6.07) is 2.58. The summed E-state index contributed by atoms with van der Waals surface area (Å²) >= 11 is 3.10. The number of carboxylic acids is 1. The van der Waals surface area contributed by atoms with Crippen molar-refractivity contribution in [3.05, 3.63) is 28.0 Å². The number of hydrogen-bond donors (Lipinski definition) is 1. The smallest absolute Gasteiger partial charge is 0.344 e. The van der Waals surface area contributed by atoms with Crippen LogP contribution in [0.2, 0.25) is 0 Å². The van der Waals surface area contributed by atoms with E-state index in [1.54, 1.807) is 0 Å². The number of rotatable bonds is 6. The molecule has 0 amide bonds. The van der Waals surface area contributed by atoms with Crippen LogP contribution in [0.5, 0.6) is 5.75 Å². The molecule has 0 aliphatic carbocycles. The van der Waals surface area contributed by atoms with E-state index in [9.17, 15) is 9.18 Å². The second-order valence-electron chi connectivity index (χ2n) is 4.58. The summed E-state index contributed by atoms with van der Waals surface area (Å²) < 4.78 is 24.8. The van der Waals surface area contributed by atoms with E-state index in [0.717, 1.165) is 6.07 Å². The molecule has 22 heavy (non-hydrogen) atoms. The summed E-state index contributed by atoms with van der Waals surface area (Å²) in [6.45, 7) is 3.89. The van der Waals surface area contributed by atoms with E-state index in [0.29, 0.717) is 17.9 Å². The van der Waals surface area contributed by atoms with Crippen molar-refractivity contribution in [3.63, 3.8) is 0 Å². The van der Waals surface area contributed by atoms with Gasteiger partial charge in [-0.1, -0.05) is 5.16 Å². The van der Waals surface area contributed by atoms with Gasteiger partial charge in [-0.25, -0.2) is 9.18 Å². The average Bonchev–Trinajstić information content (AvgIpc) is 2.91. The second kappa shape index (κ2) is 7.06. The van der Waals surface area contributed by atoms with E-state index >= 15 is 0 Å². The number of benzene rings is 1. The molecule has 2 atom stereocenters. The first kappa shape index (κ1) is 16.7. The molecule has 0 bridgehead atoms. The van der Waals surface area contributed by atoms with Gasteiger partial charge in [0.25, 0.3) is 0 Å². The summed E-state index contributed by atoms with van der Waals surface area (Å²) in [6.07, 6.45) is -1.54. The summed E-state index contributed by atoms with van der Waals surface area (Å²) in [5.41, 5.74) is 0.868. The van der Waals surface area contributed by atoms with Crippen LogP contribution < -0.4 is 4.74 Å². The van der Waals surface area contributed by atoms with Gasteiger partial charge in [0, 0.05) is 18.2 Å². The first-order chi connectivity index (χ1) is 10.4. The van der Waals surface area contributed by atoms with E-state index < -0.39 is 24.0 Å². The molecular formula is C14H15BrFNO5. The van der Waals surface area contributed by atoms with E-state index in [-0.39, 0.29) is 16.8 Å². The molecule has 0 radical (unpaired) electrons. The van der Waals surface area contributed by atoms with E-state index in [4.69, 9.17) is 19.4 Å². The fourth-order valence-corrected chi connectivity index (χ4v) is 2.27. The van der Waals surface area contributed by atoms with Crippen LogP contribution in [0.4, 0.5) is 4.39 Å². The molecule has 0 spiro atoms. The van der Waals surface area contributed by atoms with Gasteiger partial charge >= 0.3 is 5.97 Å². The number of halogens is 2. The third-order valence-electron chi connectivity index (χ3n) is 3.01. The largest absolute Gasteiger partial charge is 0.479 e. The van der Waals surface area contributed by atoms with E-state index in [1.807, 2.05) is 6.92 Å². The van der Waals surface area contributed by atoms with Crippen molar-refractivity contribution in [1.82, 2.24) is 0 Å². The minimum absolute atomic E-state index is 0.0737. The van der Waals surface area contributed by atoms with Crippen LogP contribution in [0.15, 0.2) is 21.8 Å². The number of carbonyl (C=O) groups is 1. The predicted octanol–water partition coefficient (Wildman–Crippen LogP) is 2.58. The Morgan fingerprint density at radius 2 is 2.36 bits per heavy atom. The zero-order valence-corrected chi connectivity index (χ0v) is 13.6. The first-order valence-corrected chi connectivity index (χ1v) is 7.43. The number of carboxylic acid groups (broad SMARTS) is 1. The zero-order valence-electron chi connectivity index (χ0n) is 12.0. The van der Waals surface area contributed by atoms with Crippen LogP contribution in [0.25, 0.3) is 0 Å². The highest BCUT2D eigenvalue weighted by molar-refractivity contribution is 9.10. The lowest BCUT2D eigenvalue weighted by molar-refractivity contribution is -0.144. The molecule has 0 aromatic heterocycles. The van der Waals surface area contributed by atoms with Gasteiger partial charge in [0.05, 0.1) is 4.47 Å². The Labute approximate surface area is 135 Å². The van der Waals surface area contributed by atoms with Crippen LogP contribution in [0.1, 0.15) is 19.4 Å². The minimum atomic E-state index is -1.15. The maximum absolute atomic E-state index is 13.8. The zero-order chi connectivity index (χ0) is 16.3. The average molecular weight is 376 g/mol. The number of nitrogens with zero attached hydrogens (tertiary/aromatic N) is 1. The van der Waals surface area contributed by atoms with E-state index in [1.165, 1.54) is 13.0 Å². The molecule has 0 fully saturated rings. The van der Waals surface area contributed by atoms with Gasteiger partial charge in [-0.3, -0.25) is 0 Å². The van der Waals surface area contributed by atoms with Gasteiger partial charge in [-0.05, 0) is 35.8 Å². The Hall–Kier alpha value is -1.67. The summed E-state index contributed by atoms with van der Waals surface area (Å²) in [5.74, 6) is -1.64. The SMILES string of the molecule is CCOC1CON=C1c1cc(Br)c(F)cc1O[C@@H](C)C(=O)O. The van der Waals surface area contributed by atoms with Crippen molar-refractivity contribution >= 4 is 27.6 Å². The molecule has 6 nitrogen and oxygen atoms in total. The lowest BCUT2D eigenvalue weighted by atomic mass is 10.0. The quantitative estimate of drug-likeness (QED) is 0.826. The van der Waals surface area contributed by atoms with Crippen LogP contribution in [-0.2, 0) is 14.4 Å². The second-order valence-corrected chi connectivity index (χ2v) is 5.43. The predicted molar refractivity (Wildman–Crippen MR) is 79.7 cm³/mol. The molecule has 8 heteroatoms. The summed E-state index contributed by atoms with van der Waals surface area (Å²) in [4.78, 5) is 16.0. The van der Waals surface area contributed by atoms with Crippen molar-refractivity contribution in [2.45, 2.75) is 26.1 Å². The summed E-state index contributed by atoms with van der Waals surface area (Å²) in [7, 11) is 0. The Morgan fingerprint density at radius 1 is 1.64 bits per heavy atom. The third-order valence-corrected chi connectivity index (χ3v) is 3.62. The molecule has 1 aromatic rings. The molecule has 1 heterocycles. The molecule has 1 aliphatic rings. The Kier molecular flexibility index (Phi) is 5.36. The number of hydrogen-bond acceptors (Lipinski definition) is 5. The van der Waals surface area contributed by atoms with Crippen molar-refractivity contribution in [2.24, 2.45) is 5.16 Å². The Balaban J connectivity index is 2.41. The topological polar surface area (TPSA) is 77.3 Å². The highest BCUT2D eigenvalue weighted by Crippen LogP contribution is 2.30. The third kappa shape index (κ3) is 3.56. The lowest BCUT2D eigenvalue weighted by Gasteiger charge is -2.17. The van der Waals surface area contributed by atoms with E-state index in [2.05, 4.69) is 21.1 Å². The highest BCUT2D eigenvalue weighted by atomic mass is 79.9. The van der Waals surface area contributed by atoms with Crippen molar-refractivity contribution in [1.29, 1.82) is 0 Å². The highest BCUT2D eigenvalue weighted by Gasteiger charge is 2.29. The van der Waals surface area contributed by atoms with Gasteiger partial charge in [-0.2, -0.15) is 0 Å². The Morgan fingerprint density at radius 3 is 3.00 bits per heavy atom. The first-order valence-electron chi connectivity index (χ1n) is 6.64. The molecule has 1 N–H and O–H groups in total.